The quantitative estimate of drug-likeness (QED) is 0.833. The Morgan fingerprint density at radius 3 is 2.56 bits per heavy atom. The normalized spacial score (nSPS) is 11.8. The molecule has 0 unspecified atom stereocenters. The van der Waals surface area contributed by atoms with E-state index in [0.29, 0.717) is 6.07 Å². The first-order valence-electron chi connectivity index (χ1n) is 5.08. The molecule has 18 heavy (non-hydrogen) atoms. The van der Waals surface area contributed by atoms with Crippen molar-refractivity contribution in [3.05, 3.63) is 41.2 Å². The van der Waals surface area contributed by atoms with Gasteiger partial charge in [0, 0.05) is 13.5 Å². The molecular weight excluding hydrogens is 250 g/mol. The van der Waals surface area contributed by atoms with Crippen LogP contribution in [0.2, 0.25) is 0 Å². The molecule has 0 atom stereocenters. The van der Waals surface area contributed by atoms with E-state index in [1.54, 1.807) is 0 Å². The Hall–Kier alpha value is -1.85. The Balaban J connectivity index is 2.84. The van der Waals surface area contributed by atoms with Gasteiger partial charge in [-0.05, 0) is 23.8 Å². The zero-order valence-corrected chi connectivity index (χ0v) is 9.51. The topological polar surface area (TPSA) is 29.1 Å². The molecule has 2 nitrogen and oxygen atoms in total. The van der Waals surface area contributed by atoms with Crippen LogP contribution in [0.15, 0.2) is 24.3 Å². The first kappa shape index (κ1) is 14.2. The van der Waals surface area contributed by atoms with Gasteiger partial charge in [0.15, 0.2) is 0 Å². The summed E-state index contributed by atoms with van der Waals surface area (Å²) in [6.07, 6.45) is -1.83. The van der Waals surface area contributed by atoms with Crippen molar-refractivity contribution in [1.82, 2.24) is 5.32 Å². The summed E-state index contributed by atoms with van der Waals surface area (Å²) >= 11 is 0. The molecule has 0 saturated carbocycles. The highest BCUT2D eigenvalue weighted by Gasteiger charge is 2.31. The van der Waals surface area contributed by atoms with Crippen LogP contribution in [0.3, 0.4) is 0 Å². The number of carbonyl (C=O) groups is 1. The van der Waals surface area contributed by atoms with Crippen LogP contribution in [0, 0.1) is 5.82 Å². The molecule has 0 heterocycles. The second kappa shape index (κ2) is 5.66. The number of hydrogen-bond donors (Lipinski definition) is 1. The van der Waals surface area contributed by atoms with Gasteiger partial charge in [-0.1, -0.05) is 12.2 Å². The maximum atomic E-state index is 13.0. The van der Waals surface area contributed by atoms with Gasteiger partial charge in [0.2, 0.25) is 5.91 Å². The van der Waals surface area contributed by atoms with E-state index >= 15 is 0 Å². The highest BCUT2D eigenvalue weighted by atomic mass is 19.4. The summed E-state index contributed by atoms with van der Waals surface area (Å²) in [7, 11) is 0. The molecule has 0 aliphatic rings. The van der Waals surface area contributed by atoms with Gasteiger partial charge >= 0.3 is 6.18 Å². The van der Waals surface area contributed by atoms with Crippen LogP contribution in [0.1, 0.15) is 18.1 Å². The minimum absolute atomic E-state index is 0.0904. The number of carbonyl (C=O) groups excluding carboxylic acids is 1. The minimum Gasteiger partial charge on any atom is -0.353 e. The predicted octanol–water partition coefficient (Wildman–Crippen LogP) is 2.99. The highest BCUT2D eigenvalue weighted by molar-refractivity contribution is 5.73. The summed E-state index contributed by atoms with van der Waals surface area (Å²) in [6.45, 7) is 1.49. The van der Waals surface area contributed by atoms with Crippen LogP contribution in [0.4, 0.5) is 17.6 Å². The van der Waals surface area contributed by atoms with Crippen LogP contribution in [-0.2, 0) is 11.0 Å². The van der Waals surface area contributed by atoms with Gasteiger partial charge in [-0.25, -0.2) is 4.39 Å². The van der Waals surface area contributed by atoms with Crippen molar-refractivity contribution < 1.29 is 22.4 Å². The monoisotopic (exact) mass is 261 g/mol. The SMILES string of the molecule is CC(=O)NCC=Cc1cc(F)cc(C(F)(F)F)c1. The van der Waals surface area contributed by atoms with Crippen LogP contribution in [-0.4, -0.2) is 12.5 Å². The first-order chi connectivity index (χ1) is 8.29. The fraction of sp³-hybridized carbons (Fsp3) is 0.250. The zero-order valence-electron chi connectivity index (χ0n) is 9.51. The molecular formula is C12H11F4NO. The third kappa shape index (κ3) is 4.57. The van der Waals surface area contributed by atoms with Gasteiger partial charge in [-0.2, -0.15) is 13.2 Å². The molecule has 1 amide bonds. The number of halogens is 4. The van der Waals surface area contributed by atoms with Crippen molar-refractivity contribution in [1.29, 1.82) is 0 Å². The molecule has 0 aliphatic carbocycles. The molecule has 0 saturated heterocycles. The molecule has 0 aliphatic heterocycles. The van der Waals surface area contributed by atoms with E-state index in [1.165, 1.54) is 19.1 Å². The fourth-order valence-corrected chi connectivity index (χ4v) is 1.27. The van der Waals surface area contributed by atoms with Gasteiger partial charge in [0.25, 0.3) is 0 Å². The van der Waals surface area contributed by atoms with Crippen LogP contribution < -0.4 is 5.32 Å². The van der Waals surface area contributed by atoms with Gasteiger partial charge < -0.3 is 5.32 Å². The number of hydrogen-bond acceptors (Lipinski definition) is 1. The number of alkyl halides is 3. The first-order valence-corrected chi connectivity index (χ1v) is 5.08. The van der Waals surface area contributed by atoms with Crippen molar-refractivity contribution in [3.63, 3.8) is 0 Å². The van der Waals surface area contributed by atoms with Gasteiger partial charge in [0.05, 0.1) is 5.56 Å². The van der Waals surface area contributed by atoms with Crippen molar-refractivity contribution in [2.24, 2.45) is 0 Å². The molecule has 0 spiro atoms. The fourth-order valence-electron chi connectivity index (χ4n) is 1.27. The molecule has 1 N–H and O–H groups in total. The summed E-state index contributed by atoms with van der Waals surface area (Å²) in [5.74, 6) is -1.21. The lowest BCUT2D eigenvalue weighted by atomic mass is 10.1. The third-order valence-electron chi connectivity index (χ3n) is 2.03. The molecule has 1 aromatic carbocycles. The number of nitrogens with one attached hydrogen (secondary N) is 1. The summed E-state index contributed by atoms with van der Waals surface area (Å²) in [4.78, 5) is 10.5. The molecule has 1 aromatic rings. The lowest BCUT2D eigenvalue weighted by Crippen LogP contribution is -2.19. The van der Waals surface area contributed by atoms with Crippen LogP contribution in [0.25, 0.3) is 6.08 Å². The standard InChI is InChI=1S/C12H11F4NO/c1-8(18)17-4-2-3-9-5-10(12(14,15)16)7-11(13)6-9/h2-3,5-7H,4H2,1H3,(H,17,18). The number of rotatable bonds is 3. The third-order valence-corrected chi connectivity index (χ3v) is 2.03. The summed E-state index contributed by atoms with van der Waals surface area (Å²) in [6, 6.07) is 2.26. The van der Waals surface area contributed by atoms with Crippen molar-refractivity contribution in [2.45, 2.75) is 13.1 Å². The average Bonchev–Trinajstić information content (AvgIpc) is 2.22. The second-order valence-electron chi connectivity index (χ2n) is 3.61. The molecule has 0 fully saturated rings. The summed E-state index contributed by atoms with van der Waals surface area (Å²) in [5, 5.41) is 2.43. The summed E-state index contributed by atoms with van der Waals surface area (Å²) < 4.78 is 50.2. The van der Waals surface area contributed by atoms with E-state index < -0.39 is 17.6 Å². The van der Waals surface area contributed by atoms with Crippen LogP contribution in [0.5, 0.6) is 0 Å². The summed E-state index contributed by atoms with van der Waals surface area (Å²) in [5.41, 5.74) is -0.950. The Labute approximate surface area is 101 Å². The van der Waals surface area contributed by atoms with E-state index in [2.05, 4.69) is 5.32 Å². The molecule has 6 heteroatoms. The molecule has 0 bridgehead atoms. The van der Waals surface area contributed by atoms with E-state index in [1.807, 2.05) is 0 Å². The van der Waals surface area contributed by atoms with E-state index in [4.69, 9.17) is 0 Å². The molecule has 1 rings (SSSR count). The van der Waals surface area contributed by atoms with Crippen LogP contribution >= 0.6 is 0 Å². The lowest BCUT2D eigenvalue weighted by Gasteiger charge is -2.07. The number of amides is 1. The van der Waals surface area contributed by atoms with E-state index in [9.17, 15) is 22.4 Å². The zero-order chi connectivity index (χ0) is 13.8. The maximum Gasteiger partial charge on any atom is 0.416 e. The Kier molecular flexibility index (Phi) is 4.47. The highest BCUT2D eigenvalue weighted by Crippen LogP contribution is 2.30. The lowest BCUT2D eigenvalue weighted by molar-refractivity contribution is -0.137. The van der Waals surface area contributed by atoms with Crippen molar-refractivity contribution >= 4 is 12.0 Å². The second-order valence-corrected chi connectivity index (χ2v) is 3.61. The minimum atomic E-state index is -4.58. The Morgan fingerprint density at radius 1 is 1.33 bits per heavy atom. The van der Waals surface area contributed by atoms with Gasteiger partial charge in [-0.3, -0.25) is 4.79 Å². The van der Waals surface area contributed by atoms with Gasteiger partial charge in [-0.15, -0.1) is 0 Å². The predicted molar refractivity (Wildman–Crippen MR) is 59.1 cm³/mol. The maximum absolute atomic E-state index is 13.0. The molecule has 98 valence electrons. The van der Waals surface area contributed by atoms with E-state index in [0.717, 1.165) is 12.1 Å². The van der Waals surface area contributed by atoms with E-state index in [-0.39, 0.29) is 18.0 Å². The van der Waals surface area contributed by atoms with Crippen molar-refractivity contribution in [2.75, 3.05) is 6.54 Å². The average molecular weight is 261 g/mol. The Bertz CT molecular complexity index is 466. The molecule has 0 radical (unpaired) electrons. The molecule has 0 aromatic heterocycles. The Morgan fingerprint density at radius 2 is 2.00 bits per heavy atom. The number of benzene rings is 1. The van der Waals surface area contributed by atoms with Gasteiger partial charge in [0.1, 0.15) is 5.82 Å². The largest absolute Gasteiger partial charge is 0.416 e. The smallest absolute Gasteiger partial charge is 0.353 e. The van der Waals surface area contributed by atoms with Crippen molar-refractivity contribution in [3.8, 4) is 0 Å².